The van der Waals surface area contributed by atoms with Gasteiger partial charge in [-0.3, -0.25) is 0 Å². The molecule has 0 spiro atoms. The van der Waals surface area contributed by atoms with Crippen LogP contribution in [-0.4, -0.2) is 0 Å². The van der Waals surface area contributed by atoms with Crippen molar-refractivity contribution in [3.05, 3.63) is 47.5 Å². The lowest BCUT2D eigenvalue weighted by Gasteiger charge is -2.16. The van der Waals surface area contributed by atoms with Crippen LogP contribution in [0.4, 0.5) is 0 Å². The average Bonchev–Trinajstić information content (AvgIpc) is 2.38. The van der Waals surface area contributed by atoms with E-state index in [0.717, 1.165) is 6.42 Å². The highest BCUT2D eigenvalue weighted by molar-refractivity contribution is 5.19. The number of nitrogens with two attached hydrogens (primary N) is 1. The van der Waals surface area contributed by atoms with E-state index in [-0.39, 0.29) is 6.04 Å². The Kier molecular flexibility index (Phi) is 4.17. The van der Waals surface area contributed by atoms with Crippen LogP contribution in [0.15, 0.2) is 42.0 Å². The van der Waals surface area contributed by atoms with Crippen LogP contribution < -0.4 is 5.73 Å². The Balaban J connectivity index is 1.84. The van der Waals surface area contributed by atoms with Crippen molar-refractivity contribution in [1.29, 1.82) is 0 Å². The number of allylic oxidation sites excluding steroid dienone is 2. The monoisotopic (exact) mass is 215 g/mol. The van der Waals surface area contributed by atoms with Crippen LogP contribution in [0.1, 0.15) is 50.1 Å². The maximum Gasteiger partial charge on any atom is 0.0297 e. The van der Waals surface area contributed by atoms with Gasteiger partial charge in [0.15, 0.2) is 0 Å². The van der Waals surface area contributed by atoms with Crippen molar-refractivity contribution in [1.82, 2.24) is 0 Å². The zero-order valence-electron chi connectivity index (χ0n) is 9.86. The van der Waals surface area contributed by atoms with Gasteiger partial charge in [-0.2, -0.15) is 0 Å². The molecule has 1 heteroatoms. The minimum absolute atomic E-state index is 0.198. The molecule has 0 heterocycles. The van der Waals surface area contributed by atoms with Gasteiger partial charge in [0, 0.05) is 6.04 Å². The molecule has 1 aromatic rings. The molecule has 0 radical (unpaired) electrons. The zero-order valence-corrected chi connectivity index (χ0v) is 9.86. The number of rotatable bonds is 4. The minimum atomic E-state index is 0.198. The van der Waals surface area contributed by atoms with Crippen molar-refractivity contribution >= 4 is 0 Å². The molecule has 0 aliphatic heterocycles. The van der Waals surface area contributed by atoms with E-state index in [0.29, 0.717) is 0 Å². The highest BCUT2D eigenvalue weighted by Crippen LogP contribution is 2.24. The lowest BCUT2D eigenvalue weighted by Crippen LogP contribution is -2.10. The number of hydrogen-bond donors (Lipinski definition) is 1. The van der Waals surface area contributed by atoms with Crippen LogP contribution in [0.2, 0.25) is 0 Å². The molecule has 0 bridgehead atoms. The molecule has 1 aromatic carbocycles. The molecule has 0 saturated heterocycles. The van der Waals surface area contributed by atoms with Crippen molar-refractivity contribution in [2.45, 2.75) is 44.6 Å². The van der Waals surface area contributed by atoms with Gasteiger partial charge >= 0.3 is 0 Å². The molecule has 0 amide bonds. The van der Waals surface area contributed by atoms with Gasteiger partial charge in [0.1, 0.15) is 0 Å². The summed E-state index contributed by atoms with van der Waals surface area (Å²) in [7, 11) is 0. The Labute approximate surface area is 98.4 Å². The Hall–Kier alpha value is -1.08. The lowest BCUT2D eigenvalue weighted by molar-refractivity contribution is 0.607. The van der Waals surface area contributed by atoms with Gasteiger partial charge in [-0.15, -0.1) is 0 Å². The summed E-state index contributed by atoms with van der Waals surface area (Å²) < 4.78 is 0. The summed E-state index contributed by atoms with van der Waals surface area (Å²) in [6.07, 6.45) is 9.98. The van der Waals surface area contributed by atoms with Gasteiger partial charge in [0.05, 0.1) is 0 Å². The molecule has 1 aliphatic carbocycles. The van der Waals surface area contributed by atoms with E-state index in [4.69, 9.17) is 5.73 Å². The Morgan fingerprint density at radius 1 is 1.12 bits per heavy atom. The van der Waals surface area contributed by atoms with Crippen molar-refractivity contribution in [2.24, 2.45) is 5.73 Å². The average molecular weight is 215 g/mol. The van der Waals surface area contributed by atoms with E-state index in [1.54, 1.807) is 5.57 Å². The van der Waals surface area contributed by atoms with E-state index >= 15 is 0 Å². The van der Waals surface area contributed by atoms with Gasteiger partial charge in [-0.25, -0.2) is 0 Å². The first kappa shape index (κ1) is 11.4. The molecule has 0 aromatic heterocycles. The normalized spacial score (nSPS) is 17.9. The summed E-state index contributed by atoms with van der Waals surface area (Å²) in [5.41, 5.74) is 9.07. The molecule has 2 rings (SSSR count). The molecule has 0 saturated carbocycles. The van der Waals surface area contributed by atoms with E-state index in [2.05, 4.69) is 30.3 Å². The Morgan fingerprint density at radius 2 is 1.94 bits per heavy atom. The summed E-state index contributed by atoms with van der Waals surface area (Å²) >= 11 is 0. The highest BCUT2D eigenvalue weighted by atomic mass is 14.6. The minimum Gasteiger partial charge on any atom is -0.324 e. The molecular formula is C15H21N. The smallest absolute Gasteiger partial charge is 0.0297 e. The summed E-state index contributed by atoms with van der Waals surface area (Å²) in [5.74, 6) is 0. The van der Waals surface area contributed by atoms with Gasteiger partial charge in [-0.05, 0) is 44.1 Å². The Morgan fingerprint density at radius 3 is 2.62 bits per heavy atom. The molecule has 1 aliphatic rings. The summed E-state index contributed by atoms with van der Waals surface area (Å²) in [5, 5.41) is 0. The van der Waals surface area contributed by atoms with Crippen LogP contribution in [0.3, 0.4) is 0 Å². The fourth-order valence-corrected chi connectivity index (χ4v) is 2.34. The third kappa shape index (κ3) is 3.21. The second-order valence-electron chi connectivity index (χ2n) is 4.66. The fourth-order valence-electron chi connectivity index (χ4n) is 2.34. The van der Waals surface area contributed by atoms with Gasteiger partial charge < -0.3 is 5.73 Å². The van der Waals surface area contributed by atoms with Crippen LogP contribution in [-0.2, 0) is 0 Å². The van der Waals surface area contributed by atoms with Gasteiger partial charge in [-0.1, -0.05) is 42.0 Å². The second kappa shape index (κ2) is 5.86. The summed E-state index contributed by atoms with van der Waals surface area (Å²) in [6, 6.07) is 10.6. The summed E-state index contributed by atoms with van der Waals surface area (Å²) in [6.45, 7) is 0. The molecular weight excluding hydrogens is 194 g/mol. The zero-order chi connectivity index (χ0) is 11.2. The SMILES string of the molecule is NC(CCC1=CCCCC1)c1ccccc1. The van der Waals surface area contributed by atoms with Gasteiger partial charge in [0.2, 0.25) is 0 Å². The molecule has 1 unspecified atom stereocenters. The van der Waals surface area contributed by atoms with E-state index in [1.165, 1.54) is 37.7 Å². The second-order valence-corrected chi connectivity index (χ2v) is 4.66. The quantitative estimate of drug-likeness (QED) is 0.756. The van der Waals surface area contributed by atoms with E-state index < -0.39 is 0 Å². The molecule has 1 nitrogen and oxygen atoms in total. The first-order valence-corrected chi connectivity index (χ1v) is 6.34. The largest absolute Gasteiger partial charge is 0.324 e. The van der Waals surface area contributed by atoms with Crippen LogP contribution >= 0.6 is 0 Å². The van der Waals surface area contributed by atoms with Crippen molar-refractivity contribution in [3.8, 4) is 0 Å². The third-order valence-electron chi connectivity index (χ3n) is 3.39. The maximum absolute atomic E-state index is 6.18. The number of hydrogen-bond acceptors (Lipinski definition) is 1. The highest BCUT2D eigenvalue weighted by Gasteiger charge is 2.08. The van der Waals surface area contributed by atoms with Crippen molar-refractivity contribution in [3.63, 3.8) is 0 Å². The third-order valence-corrected chi connectivity index (χ3v) is 3.39. The molecule has 2 N–H and O–H groups in total. The van der Waals surface area contributed by atoms with Crippen LogP contribution in [0.25, 0.3) is 0 Å². The number of benzene rings is 1. The predicted octanol–water partition coefficient (Wildman–Crippen LogP) is 3.97. The Bertz CT molecular complexity index is 340. The van der Waals surface area contributed by atoms with E-state index in [9.17, 15) is 0 Å². The maximum atomic E-state index is 6.18. The van der Waals surface area contributed by atoms with Crippen molar-refractivity contribution < 1.29 is 0 Å². The van der Waals surface area contributed by atoms with Gasteiger partial charge in [0.25, 0.3) is 0 Å². The van der Waals surface area contributed by atoms with Crippen LogP contribution in [0.5, 0.6) is 0 Å². The standard InChI is InChI=1S/C15H21N/c16-15(14-9-5-2-6-10-14)12-11-13-7-3-1-4-8-13/h2,5-7,9-10,15H,1,3-4,8,11-12,16H2. The molecule has 16 heavy (non-hydrogen) atoms. The predicted molar refractivity (Wildman–Crippen MR) is 69.2 cm³/mol. The molecule has 86 valence electrons. The first-order valence-electron chi connectivity index (χ1n) is 6.34. The summed E-state index contributed by atoms with van der Waals surface area (Å²) in [4.78, 5) is 0. The topological polar surface area (TPSA) is 26.0 Å². The first-order chi connectivity index (χ1) is 7.86. The van der Waals surface area contributed by atoms with E-state index in [1.807, 2.05) is 6.07 Å². The fraction of sp³-hybridized carbons (Fsp3) is 0.467. The van der Waals surface area contributed by atoms with Crippen LogP contribution in [0, 0.1) is 0 Å². The molecule has 1 atom stereocenters. The molecule has 0 fully saturated rings. The lowest BCUT2D eigenvalue weighted by atomic mass is 9.93. The van der Waals surface area contributed by atoms with Crippen molar-refractivity contribution in [2.75, 3.05) is 0 Å².